The zero-order valence-corrected chi connectivity index (χ0v) is 18.1. The largest absolute Gasteiger partial charge is 0.508 e. The predicted octanol–water partition coefficient (Wildman–Crippen LogP) is 4.15. The molecule has 3 aromatic carbocycles. The molecule has 0 fully saturated rings. The molecule has 0 aliphatic heterocycles. The van der Waals surface area contributed by atoms with E-state index in [-0.39, 0.29) is 29.2 Å². The first-order valence-electron chi connectivity index (χ1n) is 10.8. The summed E-state index contributed by atoms with van der Waals surface area (Å²) in [6.45, 7) is -0.0567. The minimum Gasteiger partial charge on any atom is -0.508 e. The van der Waals surface area contributed by atoms with Gasteiger partial charge < -0.3 is 24.9 Å². The molecule has 0 aliphatic carbocycles. The van der Waals surface area contributed by atoms with Crippen molar-refractivity contribution in [2.75, 3.05) is 6.61 Å². The first-order chi connectivity index (χ1) is 16.0. The van der Waals surface area contributed by atoms with Gasteiger partial charge in [-0.15, -0.1) is 0 Å². The second kappa shape index (κ2) is 8.15. The van der Waals surface area contributed by atoms with Gasteiger partial charge in [0.1, 0.15) is 11.5 Å². The average Bonchev–Trinajstić information content (AvgIpc) is 3.19. The first kappa shape index (κ1) is 20.8. The van der Waals surface area contributed by atoms with Crippen LogP contribution in [-0.4, -0.2) is 31.5 Å². The maximum absolute atomic E-state index is 13.6. The number of fused-ring (bicyclic) bond motifs is 2. The third-order valence-corrected chi connectivity index (χ3v) is 6.32. The molecule has 6 heteroatoms. The zero-order chi connectivity index (χ0) is 23.1. The van der Waals surface area contributed by atoms with Crippen LogP contribution in [0.25, 0.3) is 21.8 Å². The highest BCUT2D eigenvalue weighted by Crippen LogP contribution is 2.41. The van der Waals surface area contributed by atoms with Crippen molar-refractivity contribution < 1.29 is 15.3 Å². The Bertz CT molecular complexity index is 1530. The predicted molar refractivity (Wildman–Crippen MR) is 129 cm³/mol. The van der Waals surface area contributed by atoms with Crippen molar-refractivity contribution in [1.29, 1.82) is 0 Å². The molecule has 2 aromatic heterocycles. The molecule has 0 saturated carbocycles. The van der Waals surface area contributed by atoms with Crippen LogP contribution in [0.3, 0.4) is 0 Å². The molecule has 6 nitrogen and oxygen atoms in total. The Morgan fingerprint density at radius 1 is 0.909 bits per heavy atom. The number of aliphatic hydroxyl groups excluding tert-OH is 1. The molecule has 0 bridgehead atoms. The normalized spacial score (nSPS) is 12.4. The topological polar surface area (TPSA) is 98.5 Å². The summed E-state index contributed by atoms with van der Waals surface area (Å²) >= 11 is 0. The van der Waals surface area contributed by atoms with Crippen LogP contribution in [0.1, 0.15) is 28.3 Å². The second-order valence-electron chi connectivity index (χ2n) is 8.20. The number of benzene rings is 3. The molecule has 0 spiro atoms. The molecule has 1 atom stereocenters. The molecule has 33 heavy (non-hydrogen) atoms. The van der Waals surface area contributed by atoms with E-state index < -0.39 is 5.92 Å². The number of aromatic amines is 1. The molecule has 0 radical (unpaired) electrons. The summed E-state index contributed by atoms with van der Waals surface area (Å²) in [4.78, 5) is 17.1. The molecule has 4 N–H and O–H groups in total. The van der Waals surface area contributed by atoms with E-state index in [1.165, 1.54) is 0 Å². The van der Waals surface area contributed by atoms with Crippen molar-refractivity contribution in [3.8, 4) is 11.5 Å². The van der Waals surface area contributed by atoms with E-state index in [1.807, 2.05) is 36.4 Å². The fourth-order valence-corrected chi connectivity index (χ4v) is 4.76. The SMILES string of the molecule is Cn1c(=O)c(C(c2ccc(O)cc2)c2[nH]c3ccccc3c2CCO)c(O)c2ccccc21. The lowest BCUT2D eigenvalue weighted by atomic mass is 9.85. The molecule has 0 amide bonds. The minimum absolute atomic E-state index is 0.0567. The molecule has 0 aliphatic rings. The number of nitrogens with zero attached hydrogens (tertiary/aromatic N) is 1. The standard InChI is InChI=1S/C27H24N2O4/c1-29-22-9-5-3-7-20(22)26(32)24(27(29)33)23(16-10-12-17(31)13-11-16)25-19(14-15-30)18-6-2-4-8-21(18)28-25/h2-13,23,28,30-32H,14-15H2,1H3. The van der Waals surface area contributed by atoms with Crippen LogP contribution < -0.4 is 5.56 Å². The average molecular weight is 440 g/mol. The Morgan fingerprint density at radius 2 is 1.58 bits per heavy atom. The number of rotatable bonds is 5. The highest BCUT2D eigenvalue weighted by Gasteiger charge is 2.30. The molecular weight excluding hydrogens is 416 g/mol. The van der Waals surface area contributed by atoms with Gasteiger partial charge in [0.05, 0.1) is 17.0 Å². The maximum atomic E-state index is 13.6. The number of aliphatic hydroxyl groups is 1. The van der Waals surface area contributed by atoms with E-state index in [0.717, 1.165) is 27.7 Å². The Morgan fingerprint density at radius 3 is 2.30 bits per heavy atom. The molecule has 5 aromatic rings. The van der Waals surface area contributed by atoms with Crippen molar-refractivity contribution in [3.05, 3.63) is 106 Å². The molecule has 2 heterocycles. The number of hydrogen-bond donors (Lipinski definition) is 4. The van der Waals surface area contributed by atoms with Gasteiger partial charge in [-0.3, -0.25) is 4.79 Å². The molecule has 0 saturated heterocycles. The summed E-state index contributed by atoms with van der Waals surface area (Å²) in [5, 5.41) is 32.6. The number of aryl methyl sites for hydroxylation is 1. The number of para-hydroxylation sites is 2. The smallest absolute Gasteiger partial charge is 0.258 e. The van der Waals surface area contributed by atoms with Crippen molar-refractivity contribution >= 4 is 21.8 Å². The van der Waals surface area contributed by atoms with Crippen LogP contribution in [0, 0.1) is 0 Å². The van der Waals surface area contributed by atoms with E-state index >= 15 is 0 Å². The summed E-state index contributed by atoms with van der Waals surface area (Å²) in [7, 11) is 1.70. The van der Waals surface area contributed by atoms with E-state index in [0.29, 0.717) is 17.3 Å². The van der Waals surface area contributed by atoms with Gasteiger partial charge >= 0.3 is 0 Å². The number of H-pyrrole nitrogens is 1. The number of phenolic OH excluding ortho intramolecular Hbond substituents is 1. The molecular formula is C27H24N2O4. The van der Waals surface area contributed by atoms with Crippen LogP contribution in [0.2, 0.25) is 0 Å². The Hall–Kier alpha value is -4.03. The van der Waals surface area contributed by atoms with Crippen molar-refractivity contribution in [2.45, 2.75) is 12.3 Å². The van der Waals surface area contributed by atoms with E-state index in [9.17, 15) is 20.1 Å². The lowest BCUT2D eigenvalue weighted by Gasteiger charge is -2.22. The number of aromatic hydroxyl groups is 2. The summed E-state index contributed by atoms with van der Waals surface area (Å²) in [6.07, 6.45) is 0.391. The summed E-state index contributed by atoms with van der Waals surface area (Å²) in [5.41, 5.74) is 3.82. The highest BCUT2D eigenvalue weighted by atomic mass is 16.3. The van der Waals surface area contributed by atoms with Crippen LogP contribution in [-0.2, 0) is 13.5 Å². The third-order valence-electron chi connectivity index (χ3n) is 6.32. The molecule has 5 rings (SSSR count). The Kier molecular flexibility index (Phi) is 5.15. The fraction of sp³-hybridized carbons (Fsp3) is 0.148. The van der Waals surface area contributed by atoms with Gasteiger partial charge in [0.25, 0.3) is 5.56 Å². The van der Waals surface area contributed by atoms with E-state index in [2.05, 4.69) is 4.98 Å². The van der Waals surface area contributed by atoms with Crippen LogP contribution in [0.5, 0.6) is 11.5 Å². The highest BCUT2D eigenvalue weighted by molar-refractivity contribution is 5.88. The Labute approximate surface area is 190 Å². The van der Waals surface area contributed by atoms with Gasteiger partial charge in [-0.05, 0) is 47.9 Å². The van der Waals surface area contributed by atoms with Gasteiger partial charge in [0.15, 0.2) is 0 Å². The van der Waals surface area contributed by atoms with Crippen LogP contribution in [0.15, 0.2) is 77.6 Å². The zero-order valence-electron chi connectivity index (χ0n) is 18.1. The number of phenols is 1. The summed E-state index contributed by atoms with van der Waals surface area (Å²) in [6, 6.07) is 21.7. The lowest BCUT2D eigenvalue weighted by Crippen LogP contribution is -2.25. The molecule has 166 valence electrons. The number of aromatic nitrogens is 2. The minimum atomic E-state index is -0.636. The van der Waals surface area contributed by atoms with Crippen LogP contribution >= 0.6 is 0 Å². The second-order valence-corrected chi connectivity index (χ2v) is 8.20. The van der Waals surface area contributed by atoms with Crippen LogP contribution in [0.4, 0.5) is 0 Å². The van der Waals surface area contributed by atoms with Gasteiger partial charge in [-0.1, -0.05) is 42.5 Å². The summed E-state index contributed by atoms with van der Waals surface area (Å²) < 4.78 is 1.55. The van der Waals surface area contributed by atoms with Gasteiger partial charge in [0, 0.05) is 35.6 Å². The lowest BCUT2D eigenvalue weighted by molar-refractivity contribution is 0.299. The first-order valence-corrected chi connectivity index (χ1v) is 10.8. The quantitative estimate of drug-likeness (QED) is 0.330. The van der Waals surface area contributed by atoms with Crippen molar-refractivity contribution in [2.24, 2.45) is 7.05 Å². The summed E-state index contributed by atoms with van der Waals surface area (Å²) in [5.74, 6) is -0.594. The van der Waals surface area contributed by atoms with Crippen molar-refractivity contribution in [1.82, 2.24) is 9.55 Å². The van der Waals surface area contributed by atoms with Gasteiger partial charge in [0.2, 0.25) is 0 Å². The fourth-order valence-electron chi connectivity index (χ4n) is 4.76. The van der Waals surface area contributed by atoms with E-state index in [1.54, 1.807) is 48.0 Å². The maximum Gasteiger partial charge on any atom is 0.258 e. The third kappa shape index (κ3) is 3.36. The number of nitrogens with one attached hydrogen (secondary N) is 1. The van der Waals surface area contributed by atoms with Gasteiger partial charge in [-0.25, -0.2) is 0 Å². The Balaban J connectivity index is 1.89. The number of hydrogen-bond acceptors (Lipinski definition) is 4. The monoisotopic (exact) mass is 440 g/mol. The van der Waals surface area contributed by atoms with E-state index in [4.69, 9.17) is 0 Å². The van der Waals surface area contributed by atoms with Gasteiger partial charge in [-0.2, -0.15) is 0 Å². The number of pyridine rings is 1. The molecule has 1 unspecified atom stereocenters. The van der Waals surface area contributed by atoms with Crippen molar-refractivity contribution in [3.63, 3.8) is 0 Å².